The Bertz CT molecular complexity index is 903. The molecule has 0 N–H and O–H groups in total. The number of pyridine rings is 1. The summed E-state index contributed by atoms with van der Waals surface area (Å²) in [7, 11) is 1.80. The van der Waals surface area contributed by atoms with Crippen molar-refractivity contribution in [1.29, 1.82) is 0 Å². The fourth-order valence-electron chi connectivity index (χ4n) is 4.91. The highest BCUT2D eigenvalue weighted by Crippen LogP contribution is 2.28. The Kier molecular flexibility index (Phi) is 7.76. The van der Waals surface area contributed by atoms with Crippen molar-refractivity contribution in [3.63, 3.8) is 0 Å². The first-order chi connectivity index (χ1) is 15.7. The highest BCUT2D eigenvalue weighted by Gasteiger charge is 2.32. The summed E-state index contributed by atoms with van der Waals surface area (Å²) in [4.78, 5) is 22.3. The molecule has 0 radical (unpaired) electrons. The number of nitrogens with zero attached hydrogens (tertiary/aromatic N) is 3. The summed E-state index contributed by atoms with van der Waals surface area (Å²) < 4.78 is 11.9. The molecule has 32 heavy (non-hydrogen) atoms. The number of carbonyl (C=O) groups excluding carboxylic acids is 1. The lowest BCUT2D eigenvalue weighted by atomic mass is 9.89. The van der Waals surface area contributed by atoms with E-state index in [0.717, 1.165) is 64.1 Å². The summed E-state index contributed by atoms with van der Waals surface area (Å²) in [6, 6.07) is 11.7. The third kappa shape index (κ3) is 5.48. The van der Waals surface area contributed by atoms with Gasteiger partial charge in [0, 0.05) is 45.4 Å². The standard InChI is InChI=1S/C26H35N3O3/c1-20-8-7-13-27-23(20)19-28-14-6-5-9-21-18-29(15-12-24(21)31-2)26(30)22-10-3-4-11-25(22)32-17-16-28/h3-4,7-8,10-11,13,21,24H,5-6,9,12,14-19H2,1-2H3/t21-,24+/m1/s1. The Balaban J connectivity index is 1.54. The van der Waals surface area contributed by atoms with Crippen LogP contribution in [0.4, 0.5) is 0 Å². The van der Waals surface area contributed by atoms with Crippen LogP contribution >= 0.6 is 0 Å². The van der Waals surface area contributed by atoms with Crippen molar-refractivity contribution in [2.75, 3.05) is 39.9 Å². The molecule has 2 bridgehead atoms. The monoisotopic (exact) mass is 437 g/mol. The average Bonchev–Trinajstić information content (AvgIpc) is 2.82. The number of rotatable bonds is 3. The number of benzene rings is 1. The van der Waals surface area contributed by atoms with Gasteiger partial charge < -0.3 is 14.4 Å². The van der Waals surface area contributed by atoms with Gasteiger partial charge in [0.2, 0.25) is 0 Å². The van der Waals surface area contributed by atoms with Gasteiger partial charge in [-0.15, -0.1) is 0 Å². The number of para-hydroxylation sites is 1. The molecule has 1 saturated heterocycles. The molecule has 172 valence electrons. The first kappa shape index (κ1) is 22.7. The molecule has 0 aliphatic carbocycles. The molecule has 0 saturated carbocycles. The molecular weight excluding hydrogens is 402 g/mol. The number of methoxy groups -OCH3 is 1. The lowest BCUT2D eigenvalue weighted by Gasteiger charge is -2.38. The summed E-state index contributed by atoms with van der Waals surface area (Å²) in [6.45, 7) is 6.77. The zero-order chi connectivity index (χ0) is 22.3. The second kappa shape index (κ2) is 10.9. The zero-order valence-corrected chi connectivity index (χ0v) is 19.3. The molecule has 2 aliphatic heterocycles. The first-order valence-corrected chi connectivity index (χ1v) is 11.8. The molecule has 4 rings (SSSR count). The Hall–Kier alpha value is -2.44. The van der Waals surface area contributed by atoms with E-state index in [9.17, 15) is 4.79 Å². The van der Waals surface area contributed by atoms with Crippen LogP contribution in [0.1, 0.15) is 47.3 Å². The minimum Gasteiger partial charge on any atom is -0.491 e. The largest absolute Gasteiger partial charge is 0.491 e. The van der Waals surface area contributed by atoms with Crippen LogP contribution in [0.2, 0.25) is 0 Å². The van der Waals surface area contributed by atoms with Crippen LogP contribution in [-0.2, 0) is 11.3 Å². The minimum atomic E-state index is 0.0678. The molecule has 1 aromatic heterocycles. The summed E-state index contributed by atoms with van der Waals surface area (Å²) in [5, 5.41) is 0. The second-order valence-corrected chi connectivity index (χ2v) is 8.96. The summed E-state index contributed by atoms with van der Waals surface area (Å²) in [5.41, 5.74) is 2.99. The van der Waals surface area contributed by atoms with E-state index in [4.69, 9.17) is 9.47 Å². The molecule has 0 unspecified atom stereocenters. The summed E-state index contributed by atoms with van der Waals surface area (Å²) >= 11 is 0. The molecule has 2 atom stereocenters. The maximum Gasteiger partial charge on any atom is 0.257 e. The highest BCUT2D eigenvalue weighted by atomic mass is 16.5. The number of hydrogen-bond donors (Lipinski definition) is 0. The number of carbonyl (C=O) groups is 1. The number of aromatic nitrogens is 1. The normalized spacial score (nSPS) is 23.2. The van der Waals surface area contributed by atoms with Gasteiger partial charge in [0.25, 0.3) is 5.91 Å². The number of ether oxygens (including phenoxy) is 2. The van der Waals surface area contributed by atoms with Gasteiger partial charge >= 0.3 is 0 Å². The molecule has 1 fully saturated rings. The molecule has 1 amide bonds. The van der Waals surface area contributed by atoms with E-state index in [0.29, 0.717) is 23.8 Å². The van der Waals surface area contributed by atoms with Crippen LogP contribution in [0.3, 0.4) is 0 Å². The fraction of sp³-hybridized carbons (Fsp3) is 0.538. The minimum absolute atomic E-state index is 0.0678. The lowest BCUT2D eigenvalue weighted by Crippen LogP contribution is -2.46. The van der Waals surface area contributed by atoms with Gasteiger partial charge in [-0.1, -0.05) is 24.6 Å². The molecule has 6 heteroatoms. The predicted molar refractivity (Wildman–Crippen MR) is 125 cm³/mol. The summed E-state index contributed by atoms with van der Waals surface area (Å²) in [5.74, 6) is 1.12. The average molecular weight is 438 g/mol. The van der Waals surface area contributed by atoms with Gasteiger partial charge in [-0.05, 0) is 56.5 Å². The quantitative estimate of drug-likeness (QED) is 0.728. The van der Waals surface area contributed by atoms with Gasteiger partial charge in [-0.3, -0.25) is 14.7 Å². The van der Waals surface area contributed by atoms with Crippen molar-refractivity contribution in [2.45, 2.75) is 45.3 Å². The Morgan fingerprint density at radius 3 is 2.81 bits per heavy atom. The number of fused-ring (bicyclic) bond motifs is 3. The molecule has 3 heterocycles. The second-order valence-electron chi connectivity index (χ2n) is 8.96. The fourth-order valence-corrected chi connectivity index (χ4v) is 4.91. The highest BCUT2D eigenvalue weighted by molar-refractivity contribution is 5.97. The predicted octanol–water partition coefficient (Wildman–Crippen LogP) is 3.93. The summed E-state index contributed by atoms with van der Waals surface area (Å²) in [6.07, 6.45) is 6.30. The van der Waals surface area contributed by atoms with E-state index >= 15 is 0 Å². The van der Waals surface area contributed by atoms with Crippen molar-refractivity contribution in [1.82, 2.24) is 14.8 Å². The third-order valence-corrected chi connectivity index (χ3v) is 6.83. The number of amides is 1. The first-order valence-electron chi connectivity index (χ1n) is 11.8. The van der Waals surface area contributed by atoms with Crippen molar-refractivity contribution in [2.24, 2.45) is 5.92 Å². The molecule has 0 spiro atoms. The van der Waals surface area contributed by atoms with Crippen molar-refractivity contribution >= 4 is 5.91 Å². The van der Waals surface area contributed by atoms with Gasteiger partial charge in [-0.25, -0.2) is 0 Å². The van der Waals surface area contributed by atoms with Crippen LogP contribution < -0.4 is 4.74 Å². The maximum atomic E-state index is 13.3. The van der Waals surface area contributed by atoms with E-state index in [1.807, 2.05) is 41.4 Å². The smallest absolute Gasteiger partial charge is 0.257 e. The zero-order valence-electron chi connectivity index (χ0n) is 19.3. The maximum absolute atomic E-state index is 13.3. The topological polar surface area (TPSA) is 54.9 Å². The lowest BCUT2D eigenvalue weighted by molar-refractivity contribution is -0.00702. The number of hydrogen-bond acceptors (Lipinski definition) is 5. The van der Waals surface area contributed by atoms with Crippen molar-refractivity contribution in [3.8, 4) is 5.75 Å². The number of aryl methyl sites for hydroxylation is 1. The van der Waals surface area contributed by atoms with E-state index in [1.165, 1.54) is 5.56 Å². The van der Waals surface area contributed by atoms with Crippen LogP contribution in [0.15, 0.2) is 42.6 Å². The SMILES string of the molecule is CO[C@H]1CCN2C[C@H]1CCCCN(Cc1ncccc1C)CCOc1ccccc1C2=O. The van der Waals surface area contributed by atoms with E-state index in [-0.39, 0.29) is 12.0 Å². The van der Waals surface area contributed by atoms with E-state index in [2.05, 4.69) is 22.9 Å². The van der Waals surface area contributed by atoms with Crippen LogP contribution in [0.25, 0.3) is 0 Å². The van der Waals surface area contributed by atoms with Crippen LogP contribution in [0, 0.1) is 12.8 Å². The van der Waals surface area contributed by atoms with Gasteiger partial charge in [0.1, 0.15) is 12.4 Å². The molecule has 1 aromatic carbocycles. The van der Waals surface area contributed by atoms with Crippen molar-refractivity contribution in [3.05, 3.63) is 59.4 Å². The molecule has 6 nitrogen and oxygen atoms in total. The number of piperidine rings is 1. The molecule has 2 aromatic rings. The third-order valence-electron chi connectivity index (χ3n) is 6.83. The molecule has 2 aliphatic rings. The Morgan fingerprint density at radius 1 is 1.09 bits per heavy atom. The van der Waals surface area contributed by atoms with Crippen LogP contribution in [-0.4, -0.2) is 66.7 Å². The Morgan fingerprint density at radius 2 is 1.97 bits per heavy atom. The van der Waals surface area contributed by atoms with Gasteiger partial charge in [-0.2, -0.15) is 0 Å². The van der Waals surface area contributed by atoms with E-state index < -0.39 is 0 Å². The van der Waals surface area contributed by atoms with Gasteiger partial charge in [0.15, 0.2) is 0 Å². The molecular formula is C26H35N3O3. The van der Waals surface area contributed by atoms with Crippen LogP contribution in [0.5, 0.6) is 5.75 Å². The van der Waals surface area contributed by atoms with E-state index in [1.54, 1.807) is 7.11 Å². The van der Waals surface area contributed by atoms with Gasteiger partial charge in [0.05, 0.1) is 17.4 Å². The van der Waals surface area contributed by atoms with Crippen molar-refractivity contribution < 1.29 is 14.3 Å². The Labute approximate surface area is 191 Å².